The molecule has 4 nitrogen and oxygen atoms in total. The molecule has 2 rings (SSSR count). The van der Waals surface area contributed by atoms with Gasteiger partial charge in [0.1, 0.15) is 17.7 Å². The Morgan fingerprint density at radius 3 is 2.63 bits per heavy atom. The molecule has 0 aliphatic carbocycles. The number of hydrogen-bond acceptors (Lipinski definition) is 3. The second-order valence-electron chi connectivity index (χ2n) is 4.07. The van der Waals surface area contributed by atoms with Gasteiger partial charge in [0.2, 0.25) is 0 Å². The molecule has 1 unspecified atom stereocenters. The van der Waals surface area contributed by atoms with Gasteiger partial charge in [-0.05, 0) is 24.6 Å². The zero-order valence-corrected chi connectivity index (χ0v) is 10.2. The number of non-ortho nitro benzene ring substituents is 1. The molecule has 2 aromatic carbocycles. The predicted molar refractivity (Wildman–Crippen MR) is 68.5 cm³/mol. The SMILES string of the molecule is CC(Oc1cccc(F)c1)c1cccc([N+](=O)[O-])c1. The van der Waals surface area contributed by atoms with Gasteiger partial charge >= 0.3 is 0 Å². The normalized spacial score (nSPS) is 11.9. The van der Waals surface area contributed by atoms with E-state index in [1.165, 1.54) is 24.3 Å². The number of halogens is 1. The fourth-order valence-corrected chi connectivity index (χ4v) is 1.70. The molecule has 0 N–H and O–H groups in total. The smallest absolute Gasteiger partial charge is 0.269 e. The van der Waals surface area contributed by atoms with Crippen molar-refractivity contribution in [1.82, 2.24) is 0 Å². The van der Waals surface area contributed by atoms with E-state index in [1.807, 2.05) is 0 Å². The van der Waals surface area contributed by atoms with Gasteiger partial charge in [0.15, 0.2) is 0 Å². The van der Waals surface area contributed by atoms with Crippen LogP contribution in [0.5, 0.6) is 5.75 Å². The van der Waals surface area contributed by atoms with Gasteiger partial charge in [0.05, 0.1) is 4.92 Å². The average Bonchev–Trinajstić information content (AvgIpc) is 2.39. The minimum absolute atomic E-state index is 0.00666. The highest BCUT2D eigenvalue weighted by molar-refractivity contribution is 5.35. The third kappa shape index (κ3) is 3.28. The first kappa shape index (κ1) is 13.0. The molecule has 19 heavy (non-hydrogen) atoms. The number of nitrogens with zero attached hydrogens (tertiary/aromatic N) is 1. The van der Waals surface area contributed by atoms with Crippen LogP contribution in [-0.2, 0) is 0 Å². The van der Waals surface area contributed by atoms with Crippen molar-refractivity contribution < 1.29 is 14.1 Å². The summed E-state index contributed by atoms with van der Waals surface area (Å²) in [5, 5.41) is 10.7. The van der Waals surface area contributed by atoms with Crippen molar-refractivity contribution in [3.8, 4) is 5.75 Å². The average molecular weight is 261 g/mol. The standard InChI is InChI=1S/C14H12FNO3/c1-10(19-14-7-3-5-12(15)9-14)11-4-2-6-13(8-11)16(17)18/h2-10H,1H3. The van der Waals surface area contributed by atoms with Crippen molar-refractivity contribution in [2.24, 2.45) is 0 Å². The maximum atomic E-state index is 13.0. The Balaban J connectivity index is 2.18. The van der Waals surface area contributed by atoms with Crippen LogP contribution in [0.4, 0.5) is 10.1 Å². The summed E-state index contributed by atoms with van der Waals surface area (Å²) in [6, 6.07) is 12.0. The molecule has 1 atom stereocenters. The molecule has 0 radical (unpaired) electrons. The summed E-state index contributed by atoms with van der Waals surface area (Å²) in [5.74, 6) is 0.00254. The molecule has 98 valence electrons. The molecule has 0 aromatic heterocycles. The zero-order valence-electron chi connectivity index (χ0n) is 10.2. The summed E-state index contributed by atoms with van der Waals surface area (Å²) in [7, 11) is 0. The Bertz CT molecular complexity index is 601. The van der Waals surface area contributed by atoms with Crippen LogP contribution >= 0.6 is 0 Å². The molecule has 0 amide bonds. The van der Waals surface area contributed by atoms with Crippen LogP contribution in [0.25, 0.3) is 0 Å². The first-order valence-electron chi connectivity index (χ1n) is 5.73. The summed E-state index contributed by atoms with van der Waals surface area (Å²) in [4.78, 5) is 10.2. The van der Waals surface area contributed by atoms with E-state index in [2.05, 4.69) is 0 Å². The third-order valence-corrected chi connectivity index (χ3v) is 2.66. The van der Waals surface area contributed by atoms with Gasteiger partial charge in [-0.1, -0.05) is 18.2 Å². The molecule has 0 bridgehead atoms. The second kappa shape index (κ2) is 5.48. The number of hydrogen-bond donors (Lipinski definition) is 0. The quantitative estimate of drug-likeness (QED) is 0.620. The number of benzene rings is 2. The van der Waals surface area contributed by atoms with Crippen LogP contribution in [0.2, 0.25) is 0 Å². The van der Waals surface area contributed by atoms with Crippen LogP contribution in [0.15, 0.2) is 48.5 Å². The number of rotatable bonds is 4. The van der Waals surface area contributed by atoms with Crippen LogP contribution in [-0.4, -0.2) is 4.92 Å². The molecule has 0 aliphatic heterocycles. The Labute approximate surface area is 109 Å². The number of nitro groups is 1. The van der Waals surface area contributed by atoms with Gasteiger partial charge in [-0.2, -0.15) is 0 Å². The van der Waals surface area contributed by atoms with Gasteiger partial charge in [-0.3, -0.25) is 10.1 Å². The van der Waals surface area contributed by atoms with Crippen LogP contribution < -0.4 is 4.74 Å². The van der Waals surface area contributed by atoms with E-state index < -0.39 is 11.0 Å². The Hall–Kier alpha value is -2.43. The van der Waals surface area contributed by atoms with E-state index in [-0.39, 0.29) is 11.5 Å². The molecule has 0 aliphatic rings. The largest absolute Gasteiger partial charge is 0.486 e. The molecule has 5 heteroatoms. The summed E-state index contributed by atoms with van der Waals surface area (Å²) >= 11 is 0. The molecule has 0 saturated heterocycles. The summed E-state index contributed by atoms with van der Waals surface area (Å²) in [5.41, 5.74) is 0.672. The highest BCUT2D eigenvalue weighted by Gasteiger charge is 2.12. The van der Waals surface area contributed by atoms with Gasteiger partial charge in [-0.15, -0.1) is 0 Å². The topological polar surface area (TPSA) is 52.4 Å². The van der Waals surface area contributed by atoms with E-state index in [9.17, 15) is 14.5 Å². The van der Waals surface area contributed by atoms with E-state index in [0.717, 1.165) is 0 Å². The predicted octanol–water partition coefficient (Wildman–Crippen LogP) is 3.87. The highest BCUT2D eigenvalue weighted by Crippen LogP contribution is 2.24. The Morgan fingerprint density at radius 1 is 1.21 bits per heavy atom. The summed E-state index contributed by atoms with van der Waals surface area (Å²) in [6.45, 7) is 1.75. The van der Waals surface area contributed by atoms with Crippen LogP contribution in [0.3, 0.4) is 0 Å². The van der Waals surface area contributed by atoms with E-state index in [4.69, 9.17) is 4.74 Å². The fourth-order valence-electron chi connectivity index (χ4n) is 1.70. The first-order chi connectivity index (χ1) is 9.06. The lowest BCUT2D eigenvalue weighted by Crippen LogP contribution is -2.03. The number of nitro benzene ring substituents is 1. The van der Waals surface area contributed by atoms with Crippen LogP contribution in [0, 0.1) is 15.9 Å². The number of ether oxygens (including phenoxy) is 1. The van der Waals surface area contributed by atoms with Gasteiger partial charge in [-0.25, -0.2) is 4.39 Å². The second-order valence-corrected chi connectivity index (χ2v) is 4.07. The zero-order chi connectivity index (χ0) is 13.8. The van der Waals surface area contributed by atoms with Crippen molar-refractivity contribution in [3.05, 3.63) is 70.0 Å². The first-order valence-corrected chi connectivity index (χ1v) is 5.73. The molecule has 0 heterocycles. The Kier molecular flexibility index (Phi) is 3.75. The summed E-state index contributed by atoms with van der Waals surface area (Å²) < 4.78 is 18.6. The molecule has 0 saturated carbocycles. The third-order valence-electron chi connectivity index (χ3n) is 2.66. The van der Waals surface area contributed by atoms with Crippen molar-refractivity contribution in [2.75, 3.05) is 0 Å². The molecule has 0 fully saturated rings. The van der Waals surface area contributed by atoms with E-state index >= 15 is 0 Å². The van der Waals surface area contributed by atoms with Gasteiger partial charge < -0.3 is 4.74 Å². The molecular weight excluding hydrogens is 249 g/mol. The lowest BCUT2D eigenvalue weighted by molar-refractivity contribution is -0.385. The minimum atomic E-state index is -0.460. The fraction of sp³-hybridized carbons (Fsp3) is 0.143. The minimum Gasteiger partial charge on any atom is -0.486 e. The summed E-state index contributed by atoms with van der Waals surface area (Å²) in [6.07, 6.45) is -0.401. The molecular formula is C14H12FNO3. The maximum Gasteiger partial charge on any atom is 0.269 e. The van der Waals surface area contributed by atoms with Crippen LogP contribution in [0.1, 0.15) is 18.6 Å². The van der Waals surface area contributed by atoms with Gasteiger partial charge in [0.25, 0.3) is 5.69 Å². The van der Waals surface area contributed by atoms with Gasteiger partial charge in [0, 0.05) is 18.2 Å². The maximum absolute atomic E-state index is 13.0. The highest BCUT2D eigenvalue weighted by atomic mass is 19.1. The van der Waals surface area contributed by atoms with Crippen molar-refractivity contribution in [3.63, 3.8) is 0 Å². The molecule has 0 spiro atoms. The Morgan fingerprint density at radius 2 is 1.95 bits per heavy atom. The molecule has 2 aromatic rings. The monoisotopic (exact) mass is 261 g/mol. The van der Waals surface area contributed by atoms with Crippen molar-refractivity contribution in [1.29, 1.82) is 0 Å². The lowest BCUT2D eigenvalue weighted by atomic mass is 10.1. The van der Waals surface area contributed by atoms with E-state index in [1.54, 1.807) is 31.2 Å². The van der Waals surface area contributed by atoms with E-state index in [0.29, 0.717) is 11.3 Å². The van der Waals surface area contributed by atoms with Crippen molar-refractivity contribution >= 4 is 5.69 Å². The lowest BCUT2D eigenvalue weighted by Gasteiger charge is -2.14. The van der Waals surface area contributed by atoms with Crippen molar-refractivity contribution in [2.45, 2.75) is 13.0 Å².